The third-order valence-electron chi connectivity index (χ3n) is 3.61. The van der Waals surface area contributed by atoms with E-state index in [9.17, 15) is 15.2 Å². The number of hydrogen-bond acceptors (Lipinski definition) is 4. The Morgan fingerprint density at radius 3 is 2.40 bits per heavy atom. The molecular weight excluding hydrogens is 314 g/mol. The monoisotopic (exact) mass is 335 g/mol. The van der Waals surface area contributed by atoms with Crippen molar-refractivity contribution in [1.82, 2.24) is 5.32 Å². The van der Waals surface area contributed by atoms with E-state index in [2.05, 4.69) is 16.7 Å². The van der Waals surface area contributed by atoms with Crippen LogP contribution < -0.4 is 10.6 Å². The Bertz CT molecular complexity index is 798. The first-order valence-electron chi connectivity index (χ1n) is 7.99. The van der Waals surface area contributed by atoms with Crippen LogP contribution in [0, 0.1) is 25.2 Å². The molecule has 0 aliphatic rings. The topological polar surface area (TPSA) is 85.2 Å². The highest BCUT2D eigenvalue weighted by atomic mass is 16.3. The molecule has 2 rings (SSSR count). The molecule has 128 valence electrons. The van der Waals surface area contributed by atoms with Gasteiger partial charge >= 0.3 is 0 Å². The van der Waals surface area contributed by atoms with Gasteiger partial charge in [-0.25, -0.2) is 0 Å². The van der Waals surface area contributed by atoms with Crippen molar-refractivity contribution in [3.8, 4) is 11.8 Å². The molecule has 3 N–H and O–H groups in total. The summed E-state index contributed by atoms with van der Waals surface area (Å²) in [6, 6.07) is 14.7. The maximum Gasteiger partial charge on any atom is 0.263 e. The van der Waals surface area contributed by atoms with Crippen molar-refractivity contribution in [2.24, 2.45) is 0 Å². The van der Waals surface area contributed by atoms with E-state index in [4.69, 9.17) is 0 Å². The highest BCUT2D eigenvalue weighted by Gasteiger charge is 2.08. The molecule has 0 radical (unpaired) electrons. The van der Waals surface area contributed by atoms with Gasteiger partial charge in [-0.3, -0.25) is 4.79 Å². The summed E-state index contributed by atoms with van der Waals surface area (Å²) in [5.41, 5.74) is 4.06. The summed E-state index contributed by atoms with van der Waals surface area (Å²) in [7, 11) is 0. The fourth-order valence-electron chi connectivity index (χ4n) is 2.44. The molecule has 0 aromatic heterocycles. The fraction of sp³-hybridized carbons (Fsp3) is 0.200. The number of aromatic hydroxyl groups is 1. The van der Waals surface area contributed by atoms with E-state index < -0.39 is 5.91 Å². The summed E-state index contributed by atoms with van der Waals surface area (Å²) in [6.45, 7) is 4.39. The summed E-state index contributed by atoms with van der Waals surface area (Å²) < 4.78 is 0. The smallest absolute Gasteiger partial charge is 0.263 e. The van der Waals surface area contributed by atoms with Gasteiger partial charge in [0.1, 0.15) is 17.4 Å². The summed E-state index contributed by atoms with van der Waals surface area (Å²) in [6.07, 6.45) is 2.04. The molecule has 2 aromatic rings. The van der Waals surface area contributed by atoms with E-state index >= 15 is 0 Å². The normalized spacial score (nSPS) is 10.8. The zero-order valence-electron chi connectivity index (χ0n) is 14.3. The molecule has 0 heterocycles. The van der Waals surface area contributed by atoms with Gasteiger partial charge in [0.2, 0.25) is 0 Å². The Labute approximate surface area is 147 Å². The number of rotatable bonds is 6. The third kappa shape index (κ3) is 5.70. The highest BCUT2D eigenvalue weighted by molar-refractivity contribution is 5.97. The SMILES string of the molecule is Cc1cc(C)cc(N/C=C(/C#N)C(=O)NCCc2ccc(O)cc2)c1. The number of nitriles is 1. The molecule has 0 aliphatic heterocycles. The lowest BCUT2D eigenvalue weighted by Crippen LogP contribution is -2.27. The molecule has 5 heteroatoms. The van der Waals surface area contributed by atoms with Crippen molar-refractivity contribution in [3.05, 3.63) is 70.9 Å². The molecule has 0 spiro atoms. The quantitative estimate of drug-likeness (QED) is 0.559. The second-order valence-electron chi connectivity index (χ2n) is 5.86. The highest BCUT2D eigenvalue weighted by Crippen LogP contribution is 2.14. The maximum absolute atomic E-state index is 12.1. The maximum atomic E-state index is 12.1. The number of nitrogens with zero attached hydrogens (tertiary/aromatic N) is 1. The zero-order valence-corrected chi connectivity index (χ0v) is 14.3. The van der Waals surface area contributed by atoms with Crippen molar-refractivity contribution < 1.29 is 9.90 Å². The van der Waals surface area contributed by atoms with Crippen LogP contribution in [0.3, 0.4) is 0 Å². The number of phenolic OH excluding ortho intramolecular Hbond substituents is 1. The van der Waals surface area contributed by atoms with Crippen LogP contribution in [0.4, 0.5) is 5.69 Å². The number of amides is 1. The number of anilines is 1. The second kappa shape index (κ2) is 8.55. The first kappa shape index (κ1) is 18.1. The Kier molecular flexibility index (Phi) is 6.19. The molecule has 0 saturated carbocycles. The van der Waals surface area contributed by atoms with E-state index in [0.717, 1.165) is 22.4 Å². The minimum Gasteiger partial charge on any atom is -0.508 e. The van der Waals surface area contributed by atoms with Gasteiger partial charge in [-0.1, -0.05) is 18.2 Å². The van der Waals surface area contributed by atoms with Crippen LogP contribution in [0.15, 0.2) is 54.2 Å². The minimum atomic E-state index is -0.418. The molecule has 5 nitrogen and oxygen atoms in total. The Hall–Kier alpha value is -3.26. The molecule has 0 bridgehead atoms. The Morgan fingerprint density at radius 2 is 1.80 bits per heavy atom. The average molecular weight is 335 g/mol. The lowest BCUT2D eigenvalue weighted by molar-refractivity contribution is -0.117. The number of phenols is 1. The summed E-state index contributed by atoms with van der Waals surface area (Å²) in [5.74, 6) is -0.210. The van der Waals surface area contributed by atoms with Crippen LogP contribution in [0.1, 0.15) is 16.7 Å². The first-order chi connectivity index (χ1) is 12.0. The van der Waals surface area contributed by atoms with Gasteiger partial charge in [-0.05, 0) is 61.2 Å². The Morgan fingerprint density at radius 1 is 1.16 bits per heavy atom. The molecule has 0 unspecified atom stereocenters. The summed E-state index contributed by atoms with van der Waals surface area (Å²) in [4.78, 5) is 12.1. The van der Waals surface area contributed by atoms with Gasteiger partial charge < -0.3 is 15.7 Å². The van der Waals surface area contributed by atoms with Crippen LogP contribution in [-0.2, 0) is 11.2 Å². The van der Waals surface area contributed by atoms with Gasteiger partial charge in [0.25, 0.3) is 5.91 Å². The predicted octanol–water partition coefficient (Wildman–Crippen LogP) is 3.19. The van der Waals surface area contributed by atoms with E-state index in [1.165, 1.54) is 6.20 Å². The van der Waals surface area contributed by atoms with Crippen molar-refractivity contribution in [3.63, 3.8) is 0 Å². The van der Waals surface area contributed by atoms with E-state index in [1.807, 2.05) is 32.0 Å². The molecule has 25 heavy (non-hydrogen) atoms. The van der Waals surface area contributed by atoms with E-state index in [0.29, 0.717) is 13.0 Å². The van der Waals surface area contributed by atoms with Gasteiger partial charge in [0.05, 0.1) is 0 Å². The van der Waals surface area contributed by atoms with Crippen LogP contribution in [0.2, 0.25) is 0 Å². The van der Waals surface area contributed by atoms with Crippen molar-refractivity contribution in [2.75, 3.05) is 11.9 Å². The van der Waals surface area contributed by atoms with Crippen LogP contribution in [-0.4, -0.2) is 17.6 Å². The van der Waals surface area contributed by atoms with Crippen LogP contribution in [0.5, 0.6) is 5.75 Å². The predicted molar refractivity (Wildman–Crippen MR) is 98.1 cm³/mol. The van der Waals surface area contributed by atoms with Gasteiger partial charge in [0, 0.05) is 18.4 Å². The molecule has 0 fully saturated rings. The number of carbonyl (C=O) groups excluding carboxylic acids is 1. The second-order valence-corrected chi connectivity index (χ2v) is 5.86. The number of aryl methyl sites for hydroxylation is 2. The van der Waals surface area contributed by atoms with Crippen molar-refractivity contribution >= 4 is 11.6 Å². The average Bonchev–Trinajstić information content (AvgIpc) is 2.56. The van der Waals surface area contributed by atoms with Crippen LogP contribution >= 0.6 is 0 Å². The number of carbonyl (C=O) groups is 1. The lowest BCUT2D eigenvalue weighted by Gasteiger charge is -2.07. The van der Waals surface area contributed by atoms with Crippen molar-refractivity contribution in [1.29, 1.82) is 5.26 Å². The Balaban J connectivity index is 1.91. The largest absolute Gasteiger partial charge is 0.508 e. The van der Waals surface area contributed by atoms with Crippen molar-refractivity contribution in [2.45, 2.75) is 20.3 Å². The number of benzene rings is 2. The number of hydrogen-bond donors (Lipinski definition) is 3. The van der Waals surface area contributed by atoms with Gasteiger partial charge in [-0.15, -0.1) is 0 Å². The molecule has 1 amide bonds. The van der Waals surface area contributed by atoms with Crippen LogP contribution in [0.25, 0.3) is 0 Å². The van der Waals surface area contributed by atoms with E-state index in [1.54, 1.807) is 24.3 Å². The minimum absolute atomic E-state index is 0.0184. The van der Waals surface area contributed by atoms with Gasteiger partial charge in [-0.2, -0.15) is 5.26 Å². The third-order valence-corrected chi connectivity index (χ3v) is 3.61. The molecule has 0 atom stereocenters. The molecule has 0 saturated heterocycles. The number of nitrogens with one attached hydrogen (secondary N) is 2. The fourth-order valence-corrected chi connectivity index (χ4v) is 2.44. The first-order valence-corrected chi connectivity index (χ1v) is 7.99. The summed E-state index contributed by atoms with van der Waals surface area (Å²) in [5, 5.41) is 24.1. The lowest BCUT2D eigenvalue weighted by atomic mass is 10.1. The van der Waals surface area contributed by atoms with E-state index in [-0.39, 0.29) is 11.3 Å². The van der Waals surface area contributed by atoms with Gasteiger partial charge in [0.15, 0.2) is 0 Å². The molecule has 0 aliphatic carbocycles. The zero-order chi connectivity index (χ0) is 18.2. The summed E-state index contributed by atoms with van der Waals surface area (Å²) >= 11 is 0. The molecular formula is C20H21N3O2. The molecule has 2 aromatic carbocycles. The standard InChI is InChI=1S/C20H21N3O2/c1-14-9-15(2)11-18(10-14)23-13-17(12-21)20(25)22-8-7-16-3-5-19(24)6-4-16/h3-6,9-11,13,23-24H,7-8H2,1-2H3,(H,22,25)/b17-13-.